The number of esters is 1. The summed E-state index contributed by atoms with van der Waals surface area (Å²) in [5.74, 6) is -2.73. The molecule has 0 spiro atoms. The van der Waals surface area contributed by atoms with Gasteiger partial charge in [-0.1, -0.05) is 6.07 Å². The molecule has 0 bridgehead atoms. The number of rotatable bonds is 4. The third-order valence-electron chi connectivity index (χ3n) is 1.88. The van der Waals surface area contributed by atoms with Gasteiger partial charge >= 0.3 is 12.3 Å². The maximum atomic E-state index is 13.3. The van der Waals surface area contributed by atoms with Crippen LogP contribution in [0.1, 0.15) is 12.5 Å². The molecule has 0 aliphatic rings. The minimum absolute atomic E-state index is 0.190. The minimum Gasteiger partial charge on any atom is -0.463 e. The van der Waals surface area contributed by atoms with Crippen molar-refractivity contribution in [2.75, 3.05) is 6.61 Å². The van der Waals surface area contributed by atoms with Crippen LogP contribution in [0.25, 0.3) is 6.08 Å². The first-order valence-corrected chi connectivity index (χ1v) is 5.22. The van der Waals surface area contributed by atoms with Gasteiger partial charge in [0.1, 0.15) is 0 Å². The first-order chi connectivity index (χ1) is 8.81. The Morgan fingerprint density at radius 3 is 2.58 bits per heavy atom. The number of halogens is 4. The van der Waals surface area contributed by atoms with Crippen LogP contribution in [0.3, 0.4) is 0 Å². The molecule has 0 saturated carbocycles. The van der Waals surface area contributed by atoms with E-state index in [1.54, 1.807) is 6.92 Å². The second-order valence-electron chi connectivity index (χ2n) is 3.32. The van der Waals surface area contributed by atoms with E-state index in [1.807, 2.05) is 0 Å². The Hall–Kier alpha value is -2.05. The molecule has 0 fully saturated rings. The maximum Gasteiger partial charge on any atom is 0.573 e. The predicted octanol–water partition coefficient (Wildman–Crippen LogP) is 3.30. The van der Waals surface area contributed by atoms with Gasteiger partial charge in [-0.2, -0.15) is 0 Å². The molecule has 1 aromatic carbocycles. The Bertz CT molecular complexity index is 480. The molecule has 1 rings (SSSR count). The largest absolute Gasteiger partial charge is 0.573 e. The van der Waals surface area contributed by atoms with Gasteiger partial charge in [0, 0.05) is 6.08 Å². The summed E-state index contributed by atoms with van der Waals surface area (Å²) in [7, 11) is 0. The summed E-state index contributed by atoms with van der Waals surface area (Å²) >= 11 is 0. The summed E-state index contributed by atoms with van der Waals surface area (Å²) in [5, 5.41) is 0. The van der Waals surface area contributed by atoms with E-state index in [4.69, 9.17) is 0 Å². The zero-order valence-corrected chi connectivity index (χ0v) is 9.83. The van der Waals surface area contributed by atoms with Gasteiger partial charge in [0.05, 0.1) is 6.61 Å². The normalized spacial score (nSPS) is 11.6. The summed E-state index contributed by atoms with van der Waals surface area (Å²) < 4.78 is 57.0. The number of hydrogen-bond donors (Lipinski definition) is 0. The van der Waals surface area contributed by atoms with Gasteiger partial charge in [0.25, 0.3) is 0 Å². The lowest BCUT2D eigenvalue weighted by Crippen LogP contribution is -2.17. The van der Waals surface area contributed by atoms with E-state index >= 15 is 0 Å². The zero-order chi connectivity index (χ0) is 14.5. The lowest BCUT2D eigenvalue weighted by molar-refractivity contribution is -0.275. The van der Waals surface area contributed by atoms with Crippen molar-refractivity contribution in [1.82, 2.24) is 0 Å². The number of hydrogen-bond acceptors (Lipinski definition) is 3. The van der Waals surface area contributed by atoms with Crippen molar-refractivity contribution in [1.29, 1.82) is 0 Å². The highest BCUT2D eigenvalue weighted by molar-refractivity contribution is 5.87. The van der Waals surface area contributed by atoms with E-state index in [0.717, 1.165) is 18.2 Å². The molecule has 104 valence electrons. The van der Waals surface area contributed by atoms with Gasteiger partial charge in [-0.25, -0.2) is 9.18 Å². The van der Waals surface area contributed by atoms with Crippen molar-refractivity contribution >= 4 is 12.0 Å². The van der Waals surface area contributed by atoms with Crippen molar-refractivity contribution < 1.29 is 31.8 Å². The van der Waals surface area contributed by atoms with Crippen LogP contribution >= 0.6 is 0 Å². The molecule has 0 aliphatic heterocycles. The highest BCUT2D eigenvalue weighted by Crippen LogP contribution is 2.26. The second-order valence-corrected chi connectivity index (χ2v) is 3.32. The highest BCUT2D eigenvalue weighted by Gasteiger charge is 2.32. The Balaban J connectivity index is 2.80. The summed E-state index contributed by atoms with van der Waals surface area (Å²) in [5.41, 5.74) is 0.208. The van der Waals surface area contributed by atoms with E-state index < -0.39 is 23.9 Å². The van der Waals surface area contributed by atoms with Gasteiger partial charge in [-0.3, -0.25) is 0 Å². The topological polar surface area (TPSA) is 35.5 Å². The van der Waals surface area contributed by atoms with E-state index in [-0.39, 0.29) is 12.2 Å². The molecule has 0 heterocycles. The molecule has 0 aromatic heterocycles. The number of benzene rings is 1. The fourth-order valence-corrected chi connectivity index (χ4v) is 1.18. The third-order valence-corrected chi connectivity index (χ3v) is 1.88. The first-order valence-electron chi connectivity index (χ1n) is 5.22. The smallest absolute Gasteiger partial charge is 0.463 e. The van der Waals surface area contributed by atoms with Crippen molar-refractivity contribution in [2.45, 2.75) is 13.3 Å². The summed E-state index contributed by atoms with van der Waals surface area (Å²) in [6.45, 7) is 1.81. The standard InChI is InChI=1S/C12H10F4O3/c1-2-18-11(17)6-4-8-3-5-10(9(13)7-8)19-12(14,15)16/h3-7H,2H2,1H3/b6-4+. The van der Waals surface area contributed by atoms with Crippen LogP contribution in [0.15, 0.2) is 24.3 Å². The first kappa shape index (κ1) is 15.0. The summed E-state index contributed by atoms with van der Waals surface area (Å²) in [6.07, 6.45) is -2.69. The monoisotopic (exact) mass is 278 g/mol. The number of ether oxygens (including phenoxy) is 2. The molecule has 3 nitrogen and oxygen atoms in total. The molecule has 0 saturated heterocycles. The minimum atomic E-state index is -4.96. The molecular weight excluding hydrogens is 268 g/mol. The van der Waals surface area contributed by atoms with Crippen molar-refractivity contribution in [2.24, 2.45) is 0 Å². The van der Waals surface area contributed by atoms with Crippen LogP contribution in [0.4, 0.5) is 17.6 Å². The molecular formula is C12H10F4O3. The SMILES string of the molecule is CCOC(=O)/C=C/c1ccc(OC(F)(F)F)c(F)c1. The molecule has 7 heteroatoms. The maximum absolute atomic E-state index is 13.3. The predicted molar refractivity (Wildman–Crippen MR) is 58.8 cm³/mol. The van der Waals surface area contributed by atoms with E-state index in [9.17, 15) is 22.4 Å². The lowest BCUT2D eigenvalue weighted by Gasteiger charge is -2.09. The summed E-state index contributed by atoms with van der Waals surface area (Å²) in [6, 6.07) is 2.82. The lowest BCUT2D eigenvalue weighted by atomic mass is 10.2. The Kier molecular flexibility index (Phi) is 4.91. The summed E-state index contributed by atoms with van der Waals surface area (Å²) in [4.78, 5) is 11.0. The Morgan fingerprint density at radius 2 is 2.05 bits per heavy atom. The van der Waals surface area contributed by atoms with Crippen LogP contribution in [-0.2, 0) is 9.53 Å². The quantitative estimate of drug-likeness (QED) is 0.481. The second kappa shape index (κ2) is 6.21. The third kappa shape index (κ3) is 5.41. The van der Waals surface area contributed by atoms with Crippen molar-refractivity contribution in [3.05, 3.63) is 35.7 Å². The molecule has 0 radical (unpaired) electrons. The van der Waals surface area contributed by atoms with E-state index in [2.05, 4.69) is 9.47 Å². The number of carbonyl (C=O) groups is 1. The fraction of sp³-hybridized carbons (Fsp3) is 0.250. The van der Waals surface area contributed by atoms with Crippen LogP contribution in [0.2, 0.25) is 0 Å². The average Bonchev–Trinajstić information content (AvgIpc) is 2.28. The van der Waals surface area contributed by atoms with Crippen LogP contribution in [0.5, 0.6) is 5.75 Å². The van der Waals surface area contributed by atoms with Crippen LogP contribution in [0, 0.1) is 5.82 Å². The van der Waals surface area contributed by atoms with E-state index in [0.29, 0.717) is 0 Å². The molecule has 0 atom stereocenters. The van der Waals surface area contributed by atoms with Gasteiger partial charge in [0.15, 0.2) is 11.6 Å². The van der Waals surface area contributed by atoms with Gasteiger partial charge in [-0.05, 0) is 30.7 Å². The molecule has 1 aromatic rings. The van der Waals surface area contributed by atoms with Gasteiger partial charge < -0.3 is 9.47 Å². The molecule has 19 heavy (non-hydrogen) atoms. The Morgan fingerprint density at radius 1 is 1.37 bits per heavy atom. The molecule has 0 aliphatic carbocycles. The highest BCUT2D eigenvalue weighted by atomic mass is 19.4. The average molecular weight is 278 g/mol. The number of alkyl halides is 3. The molecule has 0 N–H and O–H groups in total. The molecule has 0 unspecified atom stereocenters. The van der Waals surface area contributed by atoms with Gasteiger partial charge in [0.2, 0.25) is 0 Å². The van der Waals surface area contributed by atoms with Crippen LogP contribution in [-0.4, -0.2) is 18.9 Å². The van der Waals surface area contributed by atoms with Crippen molar-refractivity contribution in [3.63, 3.8) is 0 Å². The zero-order valence-electron chi connectivity index (χ0n) is 9.83. The van der Waals surface area contributed by atoms with Crippen molar-refractivity contribution in [3.8, 4) is 5.75 Å². The fourth-order valence-electron chi connectivity index (χ4n) is 1.18. The molecule has 0 amide bonds. The Labute approximate surface area is 106 Å². The van der Waals surface area contributed by atoms with Gasteiger partial charge in [-0.15, -0.1) is 13.2 Å². The van der Waals surface area contributed by atoms with Crippen LogP contribution < -0.4 is 4.74 Å². The number of carbonyl (C=O) groups excluding carboxylic acids is 1. The van der Waals surface area contributed by atoms with E-state index in [1.165, 1.54) is 12.1 Å².